The van der Waals surface area contributed by atoms with E-state index < -0.39 is 0 Å². The molecule has 0 radical (unpaired) electrons. The highest BCUT2D eigenvalue weighted by atomic mass is 32.1. The van der Waals surface area contributed by atoms with Gasteiger partial charge in [0, 0.05) is 23.2 Å². The third kappa shape index (κ3) is 2.20. The molecule has 1 amide bonds. The van der Waals surface area contributed by atoms with Crippen molar-refractivity contribution in [2.24, 2.45) is 0 Å². The number of nitrogens with one attached hydrogen (secondary N) is 1. The highest BCUT2D eigenvalue weighted by Crippen LogP contribution is 2.27. The van der Waals surface area contributed by atoms with Gasteiger partial charge in [0.15, 0.2) is 10.7 Å². The molecular weight excluding hydrogens is 270 g/mol. The van der Waals surface area contributed by atoms with E-state index in [1.165, 1.54) is 11.3 Å². The van der Waals surface area contributed by atoms with Gasteiger partial charge in [0.1, 0.15) is 0 Å². The van der Waals surface area contributed by atoms with E-state index in [9.17, 15) is 4.79 Å². The highest BCUT2D eigenvalue weighted by Gasteiger charge is 2.21. The lowest BCUT2D eigenvalue weighted by atomic mass is 10.1. The van der Waals surface area contributed by atoms with Gasteiger partial charge in [-0.05, 0) is 13.8 Å². The molecule has 4 nitrogen and oxygen atoms in total. The molecule has 20 heavy (non-hydrogen) atoms. The summed E-state index contributed by atoms with van der Waals surface area (Å²) in [5.41, 5.74) is 2.32. The summed E-state index contributed by atoms with van der Waals surface area (Å²) in [6.07, 6.45) is 1.95. The Morgan fingerprint density at radius 3 is 2.75 bits per heavy atom. The summed E-state index contributed by atoms with van der Waals surface area (Å²) in [6.45, 7) is 3.89. The van der Waals surface area contributed by atoms with Gasteiger partial charge in [0.2, 0.25) is 0 Å². The summed E-state index contributed by atoms with van der Waals surface area (Å²) < 4.78 is 1.97. The molecule has 0 aliphatic heterocycles. The van der Waals surface area contributed by atoms with Crippen LogP contribution in [0.15, 0.2) is 41.9 Å². The maximum Gasteiger partial charge on any atom is 0.272 e. The van der Waals surface area contributed by atoms with Crippen molar-refractivity contribution in [3.05, 3.63) is 47.6 Å². The molecule has 1 aromatic carbocycles. The lowest BCUT2D eigenvalue weighted by Gasteiger charge is -2.08. The molecule has 0 unspecified atom stereocenters. The van der Waals surface area contributed by atoms with Gasteiger partial charge in [-0.25, -0.2) is 4.98 Å². The van der Waals surface area contributed by atoms with E-state index in [0.29, 0.717) is 5.69 Å². The first-order valence-electron chi connectivity index (χ1n) is 6.48. The van der Waals surface area contributed by atoms with Crippen molar-refractivity contribution in [1.29, 1.82) is 0 Å². The molecular formula is C15H15N3OS. The first-order chi connectivity index (χ1) is 9.66. The van der Waals surface area contributed by atoms with Crippen LogP contribution in [0.3, 0.4) is 0 Å². The molecule has 3 rings (SSSR count). The van der Waals surface area contributed by atoms with Crippen molar-refractivity contribution in [3.8, 4) is 11.3 Å². The fourth-order valence-corrected chi connectivity index (χ4v) is 2.86. The molecule has 0 bridgehead atoms. The number of hydrogen-bond donors (Lipinski definition) is 1. The third-order valence-corrected chi connectivity index (χ3v) is 3.70. The van der Waals surface area contributed by atoms with Crippen LogP contribution in [0, 0.1) is 0 Å². The zero-order valence-electron chi connectivity index (χ0n) is 11.3. The maximum absolute atomic E-state index is 12.3. The van der Waals surface area contributed by atoms with Crippen LogP contribution in [-0.2, 0) is 0 Å². The Labute approximate surface area is 121 Å². The highest BCUT2D eigenvalue weighted by molar-refractivity contribution is 7.15. The van der Waals surface area contributed by atoms with E-state index in [2.05, 4.69) is 10.3 Å². The average molecular weight is 285 g/mol. The number of imidazole rings is 1. The number of nitrogens with zero attached hydrogens (tertiary/aromatic N) is 2. The first-order valence-corrected chi connectivity index (χ1v) is 7.36. The number of hydrogen-bond acceptors (Lipinski definition) is 3. The molecule has 2 aromatic heterocycles. The minimum absolute atomic E-state index is 0.0888. The van der Waals surface area contributed by atoms with Crippen molar-refractivity contribution < 1.29 is 4.79 Å². The molecule has 1 N–H and O–H groups in total. The molecule has 5 heteroatoms. The number of fused-ring (bicyclic) bond motifs is 1. The van der Waals surface area contributed by atoms with E-state index in [0.717, 1.165) is 16.2 Å². The molecule has 0 aliphatic carbocycles. The second-order valence-corrected chi connectivity index (χ2v) is 5.73. The predicted octanol–water partition coefficient (Wildman–Crippen LogP) is 3.20. The molecule has 102 valence electrons. The van der Waals surface area contributed by atoms with Gasteiger partial charge < -0.3 is 5.32 Å². The topological polar surface area (TPSA) is 46.4 Å². The van der Waals surface area contributed by atoms with Crippen LogP contribution in [0.4, 0.5) is 0 Å². The zero-order valence-corrected chi connectivity index (χ0v) is 12.1. The van der Waals surface area contributed by atoms with Crippen molar-refractivity contribution in [2.75, 3.05) is 0 Å². The van der Waals surface area contributed by atoms with Gasteiger partial charge in [-0.3, -0.25) is 9.20 Å². The zero-order chi connectivity index (χ0) is 14.1. The molecule has 0 saturated carbocycles. The van der Waals surface area contributed by atoms with E-state index in [-0.39, 0.29) is 11.9 Å². The molecule has 3 aromatic rings. The Morgan fingerprint density at radius 1 is 1.30 bits per heavy atom. The lowest BCUT2D eigenvalue weighted by Crippen LogP contribution is -2.30. The predicted molar refractivity (Wildman–Crippen MR) is 81.1 cm³/mol. The second kappa shape index (κ2) is 5.09. The van der Waals surface area contributed by atoms with E-state index >= 15 is 0 Å². The quantitative estimate of drug-likeness (QED) is 0.803. The molecule has 0 saturated heterocycles. The van der Waals surface area contributed by atoms with Gasteiger partial charge in [-0.1, -0.05) is 30.3 Å². The van der Waals surface area contributed by atoms with Crippen molar-refractivity contribution in [2.45, 2.75) is 19.9 Å². The number of aromatic nitrogens is 2. The lowest BCUT2D eigenvalue weighted by molar-refractivity contribution is 0.0939. The van der Waals surface area contributed by atoms with Crippen LogP contribution in [0.25, 0.3) is 16.2 Å². The minimum Gasteiger partial charge on any atom is -0.348 e. The van der Waals surface area contributed by atoms with E-state index in [1.807, 2.05) is 60.2 Å². The number of benzene rings is 1. The fourth-order valence-electron chi connectivity index (χ4n) is 2.15. The molecule has 2 heterocycles. The van der Waals surface area contributed by atoms with Crippen molar-refractivity contribution in [3.63, 3.8) is 0 Å². The van der Waals surface area contributed by atoms with Crippen LogP contribution in [-0.4, -0.2) is 21.3 Å². The van der Waals surface area contributed by atoms with Gasteiger partial charge in [0.25, 0.3) is 5.91 Å². The van der Waals surface area contributed by atoms with Crippen molar-refractivity contribution in [1.82, 2.24) is 14.7 Å². The smallest absolute Gasteiger partial charge is 0.272 e. The Bertz CT molecular complexity index is 743. The standard InChI is InChI=1S/C15H15N3OS/c1-10(2)16-14(19)12-13(11-6-4-3-5-7-11)18-8-9-20-15(18)17-12/h3-10H,1-2H3,(H,16,19). The summed E-state index contributed by atoms with van der Waals surface area (Å²) in [7, 11) is 0. The Kier molecular flexibility index (Phi) is 3.28. The molecule has 0 aliphatic rings. The number of rotatable bonds is 3. The van der Waals surface area contributed by atoms with Gasteiger partial charge in [-0.2, -0.15) is 0 Å². The van der Waals surface area contributed by atoms with Crippen LogP contribution < -0.4 is 5.32 Å². The Hall–Kier alpha value is -2.14. The normalized spacial score (nSPS) is 11.2. The largest absolute Gasteiger partial charge is 0.348 e. The summed E-state index contributed by atoms with van der Waals surface area (Å²) in [5, 5.41) is 4.88. The number of carbonyl (C=O) groups excluding carboxylic acids is 1. The average Bonchev–Trinajstić information content (AvgIpc) is 2.98. The van der Waals surface area contributed by atoms with Gasteiger partial charge in [0.05, 0.1) is 5.69 Å². The van der Waals surface area contributed by atoms with Crippen LogP contribution in [0.5, 0.6) is 0 Å². The minimum atomic E-state index is -0.130. The van der Waals surface area contributed by atoms with Crippen LogP contribution in [0.2, 0.25) is 0 Å². The van der Waals surface area contributed by atoms with Gasteiger partial charge in [-0.15, -0.1) is 11.3 Å². The third-order valence-electron chi connectivity index (χ3n) is 2.94. The Morgan fingerprint density at radius 2 is 2.05 bits per heavy atom. The van der Waals surface area contributed by atoms with Crippen molar-refractivity contribution >= 4 is 22.2 Å². The van der Waals surface area contributed by atoms with Crippen LogP contribution in [0.1, 0.15) is 24.3 Å². The molecule has 0 atom stereocenters. The number of amides is 1. The number of carbonyl (C=O) groups is 1. The molecule has 0 spiro atoms. The fraction of sp³-hybridized carbons (Fsp3) is 0.200. The summed E-state index contributed by atoms with van der Waals surface area (Å²) >= 11 is 1.53. The second-order valence-electron chi connectivity index (χ2n) is 4.86. The van der Waals surface area contributed by atoms with Gasteiger partial charge >= 0.3 is 0 Å². The van der Waals surface area contributed by atoms with E-state index in [1.54, 1.807) is 0 Å². The summed E-state index contributed by atoms with van der Waals surface area (Å²) in [6, 6.07) is 9.96. The Balaban J connectivity index is 2.17. The summed E-state index contributed by atoms with van der Waals surface area (Å²) in [5.74, 6) is -0.130. The summed E-state index contributed by atoms with van der Waals surface area (Å²) in [4.78, 5) is 17.6. The van der Waals surface area contributed by atoms with E-state index in [4.69, 9.17) is 0 Å². The number of thiazole rings is 1. The first kappa shape index (κ1) is 12.9. The SMILES string of the molecule is CC(C)NC(=O)c1nc2sccn2c1-c1ccccc1. The molecule has 0 fully saturated rings. The monoisotopic (exact) mass is 285 g/mol. The maximum atomic E-state index is 12.3. The van der Waals surface area contributed by atoms with Crippen LogP contribution >= 0.6 is 11.3 Å².